The molecule has 0 fully saturated rings. The molecule has 2 rings (SSSR count). The van der Waals surface area contributed by atoms with E-state index in [4.69, 9.17) is 0 Å². The van der Waals surface area contributed by atoms with Crippen LogP contribution in [0.3, 0.4) is 0 Å². The number of hydrogen-bond donors (Lipinski definition) is 1. The molecule has 4 nitrogen and oxygen atoms in total. The summed E-state index contributed by atoms with van der Waals surface area (Å²) in [6.45, 7) is 0.416. The normalized spacial score (nSPS) is 11.6. The minimum Gasteiger partial charge on any atom is -0.379 e. The van der Waals surface area contributed by atoms with Crippen LogP contribution in [-0.2, 0) is 19.8 Å². The smallest absolute Gasteiger partial charge is 0.379 e. The van der Waals surface area contributed by atoms with Gasteiger partial charge < -0.3 is 5.32 Å². The van der Waals surface area contributed by atoms with Gasteiger partial charge in [-0.2, -0.15) is 13.2 Å². The Morgan fingerprint density at radius 1 is 1.22 bits per heavy atom. The van der Waals surface area contributed by atoms with E-state index in [2.05, 4.69) is 15.6 Å². The quantitative estimate of drug-likeness (QED) is 0.917. The van der Waals surface area contributed by atoms with Gasteiger partial charge in [-0.1, -0.05) is 5.21 Å². The summed E-state index contributed by atoms with van der Waals surface area (Å²) in [6, 6.07) is 4.86. The minimum atomic E-state index is -4.30. The van der Waals surface area contributed by atoms with Gasteiger partial charge in [-0.15, -0.1) is 5.10 Å². The highest BCUT2D eigenvalue weighted by atomic mass is 19.4. The highest BCUT2D eigenvalue weighted by Crippen LogP contribution is 2.29. The van der Waals surface area contributed by atoms with Crippen molar-refractivity contribution in [3.05, 3.63) is 41.7 Å². The number of aryl methyl sites for hydroxylation is 1. The summed E-state index contributed by atoms with van der Waals surface area (Å²) in [5.41, 5.74) is 0.665. The van der Waals surface area contributed by atoms with Crippen LogP contribution in [0.4, 0.5) is 18.9 Å². The van der Waals surface area contributed by atoms with Crippen molar-refractivity contribution in [3.8, 4) is 0 Å². The molecule has 0 radical (unpaired) electrons. The fraction of sp³-hybridized carbons (Fsp3) is 0.273. The summed E-state index contributed by atoms with van der Waals surface area (Å²) in [5, 5.41) is 10.6. The van der Waals surface area contributed by atoms with Gasteiger partial charge in [0.25, 0.3) is 0 Å². The van der Waals surface area contributed by atoms with Gasteiger partial charge in [-0.05, 0) is 24.3 Å². The van der Waals surface area contributed by atoms with Gasteiger partial charge in [0.05, 0.1) is 12.1 Å². The lowest BCUT2D eigenvalue weighted by molar-refractivity contribution is -0.137. The third kappa shape index (κ3) is 2.99. The molecule has 0 spiro atoms. The molecule has 0 atom stereocenters. The van der Waals surface area contributed by atoms with Crippen molar-refractivity contribution in [3.63, 3.8) is 0 Å². The van der Waals surface area contributed by atoms with Gasteiger partial charge in [0, 0.05) is 18.9 Å². The molecule has 0 saturated carbocycles. The maximum atomic E-state index is 12.3. The second-order valence-electron chi connectivity index (χ2n) is 3.81. The molecule has 2 aromatic rings. The van der Waals surface area contributed by atoms with E-state index in [9.17, 15) is 13.2 Å². The van der Waals surface area contributed by atoms with Crippen LogP contribution >= 0.6 is 0 Å². The molecule has 0 bridgehead atoms. The first-order valence-electron chi connectivity index (χ1n) is 5.21. The molecule has 96 valence electrons. The molecule has 1 aromatic heterocycles. The van der Waals surface area contributed by atoms with Gasteiger partial charge in [0.1, 0.15) is 5.69 Å². The Labute approximate surface area is 101 Å². The number of hydrogen-bond acceptors (Lipinski definition) is 3. The van der Waals surface area contributed by atoms with Crippen molar-refractivity contribution in [2.24, 2.45) is 7.05 Å². The Kier molecular flexibility index (Phi) is 3.22. The molecule has 1 aromatic carbocycles. The van der Waals surface area contributed by atoms with E-state index < -0.39 is 11.7 Å². The fourth-order valence-electron chi connectivity index (χ4n) is 1.45. The van der Waals surface area contributed by atoms with E-state index in [1.165, 1.54) is 12.1 Å². The van der Waals surface area contributed by atoms with E-state index in [0.717, 1.165) is 17.8 Å². The Bertz CT molecular complexity index is 516. The summed E-state index contributed by atoms with van der Waals surface area (Å²) >= 11 is 0. The molecule has 7 heteroatoms. The van der Waals surface area contributed by atoms with E-state index >= 15 is 0 Å². The van der Waals surface area contributed by atoms with E-state index in [1.54, 1.807) is 17.9 Å². The fourth-order valence-corrected chi connectivity index (χ4v) is 1.45. The number of anilines is 1. The Morgan fingerprint density at radius 2 is 1.89 bits per heavy atom. The van der Waals surface area contributed by atoms with Crippen LogP contribution in [0.25, 0.3) is 0 Å². The van der Waals surface area contributed by atoms with Gasteiger partial charge in [-0.3, -0.25) is 4.68 Å². The number of rotatable bonds is 3. The first-order valence-corrected chi connectivity index (χ1v) is 5.21. The largest absolute Gasteiger partial charge is 0.416 e. The van der Waals surface area contributed by atoms with E-state index in [1.807, 2.05) is 0 Å². The summed E-state index contributed by atoms with van der Waals surface area (Å²) in [5.74, 6) is 0. The number of benzene rings is 1. The van der Waals surface area contributed by atoms with Crippen molar-refractivity contribution >= 4 is 5.69 Å². The highest BCUT2D eigenvalue weighted by Gasteiger charge is 2.29. The van der Waals surface area contributed by atoms with Crippen LogP contribution in [0.1, 0.15) is 11.3 Å². The number of nitrogens with one attached hydrogen (secondary N) is 1. The molecular weight excluding hydrogens is 245 g/mol. The van der Waals surface area contributed by atoms with E-state index in [0.29, 0.717) is 12.2 Å². The third-order valence-corrected chi connectivity index (χ3v) is 2.34. The van der Waals surface area contributed by atoms with Gasteiger partial charge in [0.2, 0.25) is 0 Å². The summed E-state index contributed by atoms with van der Waals surface area (Å²) < 4.78 is 38.6. The zero-order chi connectivity index (χ0) is 13.2. The second kappa shape index (κ2) is 4.67. The lowest BCUT2D eigenvalue weighted by atomic mass is 10.2. The molecule has 0 aliphatic heterocycles. The Morgan fingerprint density at radius 3 is 2.39 bits per heavy atom. The highest BCUT2D eigenvalue weighted by molar-refractivity contribution is 5.45. The molecule has 1 heterocycles. The molecule has 0 aliphatic carbocycles. The topological polar surface area (TPSA) is 42.7 Å². The molecule has 0 aliphatic rings. The van der Waals surface area contributed by atoms with Gasteiger partial charge >= 0.3 is 6.18 Å². The minimum absolute atomic E-state index is 0.416. The predicted octanol–water partition coefficient (Wildman–Crippen LogP) is 2.45. The van der Waals surface area contributed by atoms with Crippen LogP contribution in [0, 0.1) is 0 Å². The third-order valence-electron chi connectivity index (χ3n) is 2.34. The molecule has 1 N–H and O–H groups in total. The van der Waals surface area contributed by atoms with Gasteiger partial charge in [0.15, 0.2) is 0 Å². The van der Waals surface area contributed by atoms with Crippen molar-refractivity contribution in [2.45, 2.75) is 12.7 Å². The van der Waals surface area contributed by atoms with Crippen molar-refractivity contribution in [2.75, 3.05) is 5.32 Å². The molecule has 0 saturated heterocycles. The number of alkyl halides is 3. The average Bonchev–Trinajstić information content (AvgIpc) is 2.72. The Hall–Kier alpha value is -2.05. The van der Waals surface area contributed by atoms with Crippen LogP contribution in [0.5, 0.6) is 0 Å². The first-order chi connectivity index (χ1) is 8.45. The van der Waals surface area contributed by atoms with E-state index in [-0.39, 0.29) is 0 Å². The summed E-state index contributed by atoms with van der Waals surface area (Å²) in [6.07, 6.45) is -2.57. The first kappa shape index (κ1) is 12.4. The molecule has 18 heavy (non-hydrogen) atoms. The zero-order valence-electron chi connectivity index (χ0n) is 9.57. The van der Waals surface area contributed by atoms with Crippen molar-refractivity contribution in [1.82, 2.24) is 15.0 Å². The maximum absolute atomic E-state index is 12.3. The van der Waals surface area contributed by atoms with Crippen LogP contribution in [0.2, 0.25) is 0 Å². The van der Waals surface area contributed by atoms with Crippen molar-refractivity contribution in [1.29, 1.82) is 0 Å². The van der Waals surface area contributed by atoms with Gasteiger partial charge in [-0.25, -0.2) is 0 Å². The average molecular weight is 256 g/mol. The zero-order valence-corrected chi connectivity index (χ0v) is 9.57. The van der Waals surface area contributed by atoms with Crippen LogP contribution in [0.15, 0.2) is 30.5 Å². The van der Waals surface area contributed by atoms with Crippen LogP contribution < -0.4 is 5.32 Å². The molecule has 0 amide bonds. The van der Waals surface area contributed by atoms with Crippen molar-refractivity contribution < 1.29 is 13.2 Å². The number of aromatic nitrogens is 3. The monoisotopic (exact) mass is 256 g/mol. The standard InChI is InChI=1S/C11H11F3N4/c1-18-7-10(16-17-18)6-15-9-4-2-8(3-5-9)11(12,13)14/h2-5,7,15H,6H2,1H3. The lowest BCUT2D eigenvalue weighted by Gasteiger charge is -2.08. The summed E-state index contributed by atoms with van der Waals surface area (Å²) in [7, 11) is 1.74. The maximum Gasteiger partial charge on any atom is 0.416 e. The molecule has 0 unspecified atom stereocenters. The number of nitrogens with zero attached hydrogens (tertiary/aromatic N) is 3. The molecular formula is C11H11F3N4. The number of halogens is 3. The lowest BCUT2D eigenvalue weighted by Crippen LogP contribution is -2.05. The second-order valence-corrected chi connectivity index (χ2v) is 3.81. The summed E-state index contributed by atoms with van der Waals surface area (Å²) in [4.78, 5) is 0. The Balaban J connectivity index is 1.98. The predicted molar refractivity (Wildman–Crippen MR) is 59.8 cm³/mol. The SMILES string of the molecule is Cn1cc(CNc2ccc(C(F)(F)F)cc2)nn1. The van der Waals surface area contributed by atoms with Crippen LogP contribution in [-0.4, -0.2) is 15.0 Å².